The van der Waals surface area contributed by atoms with Crippen molar-refractivity contribution in [2.75, 3.05) is 25.0 Å². The highest BCUT2D eigenvalue weighted by atomic mass is 32.2. The average molecular weight is 478 g/mol. The van der Waals surface area contributed by atoms with E-state index in [0.717, 1.165) is 11.3 Å². The molecule has 2 fully saturated rings. The number of anilines is 1. The van der Waals surface area contributed by atoms with E-state index in [2.05, 4.69) is 16.1 Å². The van der Waals surface area contributed by atoms with Crippen LogP contribution in [0.1, 0.15) is 19.3 Å². The van der Waals surface area contributed by atoms with Crippen LogP contribution in [-0.2, 0) is 14.4 Å². The molecule has 0 bridgehead atoms. The standard InChI is InChI=1S/C25H27N5O3S/c26-15-20-14-18(24(32)28-19-8-3-1-4-9-19)17-30(20)25(33)22-12-7-13-29(22)23(31)16-27-34-21-10-5-2-6-11-21/h1-6,8-11,18,20,22,27H,7,12-14,16-17H2,(H,28,32). The van der Waals surface area contributed by atoms with Gasteiger partial charge < -0.3 is 15.1 Å². The maximum Gasteiger partial charge on any atom is 0.246 e. The van der Waals surface area contributed by atoms with Crippen LogP contribution in [0.4, 0.5) is 5.69 Å². The number of nitriles is 1. The first-order valence-corrected chi connectivity index (χ1v) is 12.2. The second kappa shape index (κ2) is 11.2. The van der Waals surface area contributed by atoms with Gasteiger partial charge in [0.25, 0.3) is 0 Å². The topological polar surface area (TPSA) is 106 Å². The number of rotatable bonds is 7. The molecule has 0 aromatic heterocycles. The van der Waals surface area contributed by atoms with Crippen LogP contribution in [0.2, 0.25) is 0 Å². The molecule has 0 saturated carbocycles. The van der Waals surface area contributed by atoms with Crippen molar-refractivity contribution < 1.29 is 14.4 Å². The third kappa shape index (κ3) is 5.58. The molecule has 176 valence electrons. The van der Waals surface area contributed by atoms with Crippen molar-refractivity contribution in [3.8, 4) is 6.07 Å². The van der Waals surface area contributed by atoms with Gasteiger partial charge >= 0.3 is 0 Å². The van der Waals surface area contributed by atoms with E-state index in [9.17, 15) is 19.6 Å². The summed E-state index contributed by atoms with van der Waals surface area (Å²) in [5.41, 5.74) is 0.680. The largest absolute Gasteiger partial charge is 0.330 e. The van der Waals surface area contributed by atoms with Crippen molar-refractivity contribution in [3.63, 3.8) is 0 Å². The van der Waals surface area contributed by atoms with Gasteiger partial charge in [-0.1, -0.05) is 36.4 Å². The number of benzene rings is 2. The van der Waals surface area contributed by atoms with Gasteiger partial charge in [0.15, 0.2) is 0 Å². The lowest BCUT2D eigenvalue weighted by Crippen LogP contribution is -2.50. The number of carbonyl (C=O) groups excluding carboxylic acids is 3. The van der Waals surface area contributed by atoms with Crippen LogP contribution in [-0.4, -0.2) is 59.2 Å². The Morgan fingerprint density at radius 2 is 1.74 bits per heavy atom. The molecule has 2 aliphatic heterocycles. The molecule has 34 heavy (non-hydrogen) atoms. The average Bonchev–Trinajstić information content (AvgIpc) is 3.53. The van der Waals surface area contributed by atoms with Crippen LogP contribution in [0, 0.1) is 17.2 Å². The lowest BCUT2D eigenvalue weighted by atomic mass is 10.1. The molecule has 3 amide bonds. The highest BCUT2D eigenvalue weighted by Crippen LogP contribution is 2.28. The maximum absolute atomic E-state index is 13.4. The van der Waals surface area contributed by atoms with Crippen LogP contribution < -0.4 is 10.0 Å². The van der Waals surface area contributed by atoms with Crippen LogP contribution in [0.3, 0.4) is 0 Å². The minimum absolute atomic E-state index is 0.104. The first kappa shape index (κ1) is 23.8. The minimum atomic E-state index is -0.677. The molecule has 2 heterocycles. The normalized spacial score (nSPS) is 21.8. The van der Waals surface area contributed by atoms with Gasteiger partial charge in [-0.25, -0.2) is 0 Å². The van der Waals surface area contributed by atoms with Gasteiger partial charge in [-0.15, -0.1) is 0 Å². The second-order valence-corrected chi connectivity index (χ2v) is 9.37. The highest BCUT2D eigenvalue weighted by molar-refractivity contribution is 7.97. The number of carbonyl (C=O) groups is 3. The van der Waals surface area contributed by atoms with Gasteiger partial charge in [0.2, 0.25) is 17.7 Å². The summed E-state index contributed by atoms with van der Waals surface area (Å²) in [4.78, 5) is 43.0. The Bertz CT molecular complexity index is 1060. The number of hydrogen-bond donors (Lipinski definition) is 2. The first-order valence-electron chi connectivity index (χ1n) is 11.4. The third-order valence-corrected chi connectivity index (χ3v) is 6.96. The number of hydrogen-bond acceptors (Lipinski definition) is 6. The molecule has 2 aromatic rings. The first-order chi connectivity index (χ1) is 16.6. The fourth-order valence-corrected chi connectivity index (χ4v) is 5.10. The molecule has 8 nitrogen and oxygen atoms in total. The predicted octanol–water partition coefficient (Wildman–Crippen LogP) is 2.65. The lowest BCUT2D eigenvalue weighted by molar-refractivity contribution is -0.143. The Kier molecular flexibility index (Phi) is 7.83. The summed E-state index contributed by atoms with van der Waals surface area (Å²) in [5.74, 6) is -1.07. The molecule has 4 rings (SSSR count). The maximum atomic E-state index is 13.4. The van der Waals surface area contributed by atoms with E-state index >= 15 is 0 Å². The Balaban J connectivity index is 1.35. The molecule has 2 aromatic carbocycles. The molecular formula is C25H27N5O3S. The van der Waals surface area contributed by atoms with E-state index in [1.54, 1.807) is 17.0 Å². The summed E-state index contributed by atoms with van der Waals surface area (Å²) in [5, 5.41) is 12.5. The van der Waals surface area contributed by atoms with E-state index < -0.39 is 18.0 Å². The third-order valence-electron chi connectivity index (χ3n) is 6.16. The zero-order chi connectivity index (χ0) is 23.9. The zero-order valence-corrected chi connectivity index (χ0v) is 19.5. The fourth-order valence-electron chi connectivity index (χ4n) is 4.44. The number of nitrogens with one attached hydrogen (secondary N) is 2. The van der Waals surface area contributed by atoms with Crippen LogP contribution in [0.15, 0.2) is 65.6 Å². The molecule has 2 saturated heterocycles. The SMILES string of the molecule is N#CC1CC(C(=O)Nc2ccccc2)CN1C(=O)C1CCCN1C(=O)CNSc1ccccc1. The number of amides is 3. The fraction of sp³-hybridized carbons (Fsp3) is 0.360. The Hall–Kier alpha value is -3.35. The Morgan fingerprint density at radius 3 is 2.44 bits per heavy atom. The molecular weight excluding hydrogens is 450 g/mol. The van der Waals surface area contributed by atoms with Gasteiger partial charge in [-0.2, -0.15) is 5.26 Å². The summed E-state index contributed by atoms with van der Waals surface area (Å²) in [7, 11) is 0. The minimum Gasteiger partial charge on any atom is -0.330 e. The van der Waals surface area contributed by atoms with Gasteiger partial charge in [0.05, 0.1) is 18.5 Å². The van der Waals surface area contributed by atoms with Gasteiger partial charge in [0, 0.05) is 23.7 Å². The van der Waals surface area contributed by atoms with Crippen molar-refractivity contribution in [1.29, 1.82) is 5.26 Å². The van der Waals surface area contributed by atoms with Crippen LogP contribution in [0.25, 0.3) is 0 Å². The van der Waals surface area contributed by atoms with E-state index in [-0.39, 0.29) is 37.2 Å². The quantitative estimate of drug-likeness (QED) is 0.594. The van der Waals surface area contributed by atoms with E-state index in [4.69, 9.17) is 0 Å². The Labute approximate surface area is 203 Å². The summed E-state index contributed by atoms with van der Waals surface area (Å²) >= 11 is 1.37. The molecule has 3 unspecified atom stereocenters. The number of likely N-dealkylation sites (tertiary alicyclic amines) is 2. The van der Waals surface area contributed by atoms with Crippen molar-refractivity contribution in [2.45, 2.75) is 36.2 Å². The van der Waals surface area contributed by atoms with E-state index in [0.29, 0.717) is 18.7 Å². The summed E-state index contributed by atoms with van der Waals surface area (Å²) in [6.45, 7) is 0.791. The van der Waals surface area contributed by atoms with Crippen LogP contribution in [0.5, 0.6) is 0 Å². The molecule has 0 radical (unpaired) electrons. The predicted molar refractivity (Wildman–Crippen MR) is 129 cm³/mol. The molecule has 0 spiro atoms. The van der Waals surface area contributed by atoms with Gasteiger partial charge in [0.1, 0.15) is 12.1 Å². The van der Waals surface area contributed by atoms with E-state index in [1.807, 2.05) is 48.5 Å². The lowest BCUT2D eigenvalue weighted by Gasteiger charge is -2.29. The molecule has 0 aliphatic carbocycles. The molecule has 9 heteroatoms. The highest BCUT2D eigenvalue weighted by Gasteiger charge is 2.44. The van der Waals surface area contributed by atoms with Gasteiger partial charge in [-0.3, -0.25) is 19.1 Å². The van der Waals surface area contributed by atoms with Gasteiger partial charge in [-0.05, 0) is 55.5 Å². The molecule has 2 N–H and O–H groups in total. The monoisotopic (exact) mass is 477 g/mol. The van der Waals surface area contributed by atoms with Crippen molar-refractivity contribution in [3.05, 3.63) is 60.7 Å². The summed E-state index contributed by atoms with van der Waals surface area (Å²) in [6, 6.07) is 19.7. The Morgan fingerprint density at radius 1 is 1.03 bits per heavy atom. The number of para-hydroxylation sites is 1. The van der Waals surface area contributed by atoms with Crippen molar-refractivity contribution in [1.82, 2.24) is 14.5 Å². The van der Waals surface area contributed by atoms with Crippen molar-refractivity contribution >= 4 is 35.4 Å². The molecule has 2 aliphatic rings. The summed E-state index contributed by atoms with van der Waals surface area (Å²) < 4.78 is 3.07. The van der Waals surface area contributed by atoms with E-state index in [1.165, 1.54) is 16.8 Å². The second-order valence-electron chi connectivity index (χ2n) is 8.40. The zero-order valence-electron chi connectivity index (χ0n) is 18.7. The van der Waals surface area contributed by atoms with Crippen molar-refractivity contribution in [2.24, 2.45) is 5.92 Å². The molecule has 3 atom stereocenters. The number of nitrogens with zero attached hydrogens (tertiary/aromatic N) is 3. The summed E-state index contributed by atoms with van der Waals surface area (Å²) in [6.07, 6.45) is 1.58. The smallest absolute Gasteiger partial charge is 0.246 e. The van der Waals surface area contributed by atoms with Crippen LogP contribution >= 0.6 is 11.9 Å².